The lowest BCUT2D eigenvalue weighted by atomic mass is 10.1. The molecule has 1 N–H and O–H groups in total. The van der Waals surface area contributed by atoms with E-state index in [4.69, 9.17) is 16.3 Å². The van der Waals surface area contributed by atoms with Gasteiger partial charge in [-0.1, -0.05) is 11.6 Å². The molecule has 0 radical (unpaired) electrons. The van der Waals surface area contributed by atoms with Crippen LogP contribution in [0.1, 0.15) is 18.6 Å². The Morgan fingerprint density at radius 3 is 2.61 bits per heavy atom. The standard InChI is InChI=1S/C11H12ClF3O3/c1-7(16)9-4-8(12)2-3-10(9)18-6-17-5-11(13,14)15/h2-4,7,16H,5-6H2,1H3/t7-/m1/s1. The first-order valence-electron chi connectivity index (χ1n) is 5.04. The van der Waals surface area contributed by atoms with Crippen molar-refractivity contribution in [3.05, 3.63) is 28.8 Å². The molecule has 0 spiro atoms. The van der Waals surface area contributed by atoms with Crippen molar-refractivity contribution in [1.82, 2.24) is 0 Å². The zero-order chi connectivity index (χ0) is 13.8. The third-order valence-corrected chi connectivity index (χ3v) is 2.22. The molecule has 0 aromatic heterocycles. The van der Waals surface area contributed by atoms with E-state index < -0.39 is 25.7 Å². The van der Waals surface area contributed by atoms with Crippen LogP contribution in [0.3, 0.4) is 0 Å². The van der Waals surface area contributed by atoms with Crippen LogP contribution in [0.5, 0.6) is 5.75 Å². The molecular formula is C11H12ClF3O3. The maximum atomic E-state index is 11.8. The topological polar surface area (TPSA) is 38.7 Å². The Balaban J connectivity index is 2.57. The zero-order valence-electron chi connectivity index (χ0n) is 9.50. The average molecular weight is 285 g/mol. The van der Waals surface area contributed by atoms with E-state index in [9.17, 15) is 18.3 Å². The van der Waals surface area contributed by atoms with Gasteiger partial charge in [0.1, 0.15) is 12.4 Å². The molecule has 1 rings (SSSR count). The molecular weight excluding hydrogens is 273 g/mol. The van der Waals surface area contributed by atoms with E-state index in [1.807, 2.05) is 0 Å². The smallest absolute Gasteiger partial charge is 0.411 e. The van der Waals surface area contributed by atoms with Gasteiger partial charge in [0.2, 0.25) is 0 Å². The molecule has 3 nitrogen and oxygen atoms in total. The van der Waals surface area contributed by atoms with E-state index in [1.165, 1.54) is 25.1 Å². The van der Waals surface area contributed by atoms with Crippen molar-refractivity contribution in [3.8, 4) is 5.75 Å². The number of alkyl halides is 3. The highest BCUT2D eigenvalue weighted by Crippen LogP contribution is 2.28. The minimum absolute atomic E-state index is 0.233. The van der Waals surface area contributed by atoms with Gasteiger partial charge in [0, 0.05) is 10.6 Å². The molecule has 1 aromatic carbocycles. The van der Waals surface area contributed by atoms with Crippen LogP contribution in [0.4, 0.5) is 13.2 Å². The summed E-state index contributed by atoms with van der Waals surface area (Å²) in [5.74, 6) is 0.233. The van der Waals surface area contributed by atoms with Gasteiger partial charge in [-0.2, -0.15) is 13.2 Å². The summed E-state index contributed by atoms with van der Waals surface area (Å²) in [5.41, 5.74) is 0.387. The molecule has 0 saturated carbocycles. The molecule has 0 bridgehead atoms. The van der Waals surface area contributed by atoms with Crippen molar-refractivity contribution >= 4 is 11.6 Å². The van der Waals surface area contributed by atoms with Gasteiger partial charge in [-0.05, 0) is 25.1 Å². The summed E-state index contributed by atoms with van der Waals surface area (Å²) in [6.07, 6.45) is -5.24. The third-order valence-electron chi connectivity index (χ3n) is 1.99. The molecule has 1 atom stereocenters. The molecule has 0 amide bonds. The van der Waals surface area contributed by atoms with E-state index in [0.717, 1.165) is 0 Å². The first-order valence-corrected chi connectivity index (χ1v) is 5.42. The number of aliphatic hydroxyl groups excluding tert-OH is 1. The van der Waals surface area contributed by atoms with Gasteiger partial charge in [-0.15, -0.1) is 0 Å². The van der Waals surface area contributed by atoms with Crippen molar-refractivity contribution in [3.63, 3.8) is 0 Å². The minimum atomic E-state index is -4.39. The normalized spacial score (nSPS) is 13.4. The molecule has 0 aliphatic rings. The molecule has 102 valence electrons. The number of ether oxygens (including phenoxy) is 2. The van der Waals surface area contributed by atoms with Gasteiger partial charge in [0.05, 0.1) is 6.10 Å². The summed E-state index contributed by atoms with van der Waals surface area (Å²) in [6, 6.07) is 4.44. The molecule has 18 heavy (non-hydrogen) atoms. The lowest BCUT2D eigenvalue weighted by molar-refractivity contribution is -0.186. The number of halogens is 4. The maximum Gasteiger partial charge on any atom is 0.411 e. The number of aliphatic hydroxyl groups is 1. The number of benzene rings is 1. The van der Waals surface area contributed by atoms with Gasteiger partial charge in [0.25, 0.3) is 0 Å². The fourth-order valence-electron chi connectivity index (χ4n) is 1.24. The Morgan fingerprint density at radius 1 is 1.39 bits per heavy atom. The first kappa shape index (κ1) is 15.1. The van der Waals surface area contributed by atoms with Crippen molar-refractivity contribution in [2.24, 2.45) is 0 Å². The molecule has 7 heteroatoms. The zero-order valence-corrected chi connectivity index (χ0v) is 10.3. The van der Waals surface area contributed by atoms with Crippen molar-refractivity contribution in [1.29, 1.82) is 0 Å². The second-order valence-electron chi connectivity index (χ2n) is 3.58. The fourth-order valence-corrected chi connectivity index (χ4v) is 1.42. The Hall–Kier alpha value is -0.980. The summed E-state index contributed by atoms with van der Waals surface area (Å²) in [6.45, 7) is -0.444. The van der Waals surface area contributed by atoms with Crippen molar-refractivity contribution in [2.45, 2.75) is 19.2 Å². The lowest BCUT2D eigenvalue weighted by Crippen LogP contribution is -2.19. The quantitative estimate of drug-likeness (QED) is 0.666. The number of hydrogen-bond donors (Lipinski definition) is 1. The Labute approximate surface area is 107 Å². The van der Waals surface area contributed by atoms with E-state index in [-0.39, 0.29) is 5.75 Å². The van der Waals surface area contributed by atoms with Crippen molar-refractivity contribution in [2.75, 3.05) is 13.4 Å². The van der Waals surface area contributed by atoms with Crippen LogP contribution in [0.25, 0.3) is 0 Å². The second kappa shape index (κ2) is 6.26. The van der Waals surface area contributed by atoms with E-state index in [1.54, 1.807) is 0 Å². The van der Waals surface area contributed by atoms with Gasteiger partial charge in [-0.25, -0.2) is 0 Å². The predicted molar refractivity (Wildman–Crippen MR) is 59.6 cm³/mol. The van der Waals surface area contributed by atoms with Crippen LogP contribution in [0.15, 0.2) is 18.2 Å². The summed E-state index contributed by atoms with van der Waals surface area (Å²) in [4.78, 5) is 0. The van der Waals surface area contributed by atoms with E-state index >= 15 is 0 Å². The van der Waals surface area contributed by atoms with Crippen LogP contribution in [0, 0.1) is 0 Å². The van der Waals surface area contributed by atoms with Crippen LogP contribution in [-0.2, 0) is 4.74 Å². The molecule has 0 aliphatic carbocycles. The molecule has 0 heterocycles. The average Bonchev–Trinajstić information content (AvgIpc) is 2.24. The lowest BCUT2D eigenvalue weighted by Gasteiger charge is -2.14. The maximum absolute atomic E-state index is 11.8. The van der Waals surface area contributed by atoms with E-state index in [2.05, 4.69) is 4.74 Å². The molecule has 1 aromatic rings. The monoisotopic (exact) mass is 284 g/mol. The summed E-state index contributed by atoms with van der Waals surface area (Å²) < 4.78 is 44.7. The van der Waals surface area contributed by atoms with Crippen LogP contribution < -0.4 is 4.74 Å². The van der Waals surface area contributed by atoms with Gasteiger partial charge in [0.15, 0.2) is 6.79 Å². The second-order valence-corrected chi connectivity index (χ2v) is 4.02. The Morgan fingerprint density at radius 2 is 2.06 bits per heavy atom. The predicted octanol–water partition coefficient (Wildman–Crippen LogP) is 3.31. The van der Waals surface area contributed by atoms with Crippen LogP contribution in [0.2, 0.25) is 5.02 Å². The fraction of sp³-hybridized carbons (Fsp3) is 0.455. The summed E-state index contributed by atoms with van der Waals surface area (Å²) in [5, 5.41) is 9.85. The highest BCUT2D eigenvalue weighted by atomic mass is 35.5. The Bertz CT molecular complexity index is 394. The highest BCUT2D eigenvalue weighted by Gasteiger charge is 2.27. The van der Waals surface area contributed by atoms with Crippen LogP contribution >= 0.6 is 11.6 Å². The Kier molecular flexibility index (Phi) is 5.25. The first-order chi connectivity index (χ1) is 8.29. The van der Waals surface area contributed by atoms with Gasteiger partial charge in [-0.3, -0.25) is 0 Å². The summed E-state index contributed by atoms with van der Waals surface area (Å²) >= 11 is 5.74. The SMILES string of the molecule is C[C@@H](O)c1cc(Cl)ccc1OCOCC(F)(F)F. The molecule has 0 unspecified atom stereocenters. The molecule has 0 aliphatic heterocycles. The number of rotatable bonds is 5. The third kappa shape index (κ3) is 5.12. The molecule has 0 fully saturated rings. The highest BCUT2D eigenvalue weighted by molar-refractivity contribution is 6.30. The summed E-state index contributed by atoms with van der Waals surface area (Å²) in [7, 11) is 0. The van der Waals surface area contributed by atoms with Crippen molar-refractivity contribution < 1.29 is 27.8 Å². The van der Waals surface area contributed by atoms with Gasteiger partial charge >= 0.3 is 6.18 Å². The van der Waals surface area contributed by atoms with Gasteiger partial charge < -0.3 is 14.6 Å². The van der Waals surface area contributed by atoms with E-state index in [0.29, 0.717) is 10.6 Å². The molecule has 0 saturated heterocycles. The van der Waals surface area contributed by atoms with Crippen LogP contribution in [-0.4, -0.2) is 24.7 Å². The number of hydrogen-bond acceptors (Lipinski definition) is 3. The minimum Gasteiger partial charge on any atom is -0.467 e. The largest absolute Gasteiger partial charge is 0.467 e.